The minimum atomic E-state index is -2.56. The van der Waals surface area contributed by atoms with Gasteiger partial charge < -0.3 is 4.74 Å². The van der Waals surface area contributed by atoms with Crippen molar-refractivity contribution in [1.82, 2.24) is 0 Å². The molecule has 1 nitrogen and oxygen atoms in total. The van der Waals surface area contributed by atoms with Crippen LogP contribution in [0.25, 0.3) is 0 Å². The van der Waals surface area contributed by atoms with Gasteiger partial charge in [0.15, 0.2) is 0 Å². The highest BCUT2D eigenvalue weighted by atomic mass is 19.3. The molecule has 0 N–H and O–H groups in total. The Morgan fingerprint density at radius 3 is 2.56 bits per heavy atom. The zero-order valence-electron chi connectivity index (χ0n) is 5.36. The normalized spacial score (nSPS) is 33.0. The molecule has 1 saturated heterocycles. The molecule has 3 heteroatoms. The predicted molar refractivity (Wildman–Crippen MR) is 29.5 cm³/mol. The molecule has 0 spiro atoms. The fourth-order valence-electron chi connectivity index (χ4n) is 0.994. The molecule has 1 fully saturated rings. The van der Waals surface area contributed by atoms with Gasteiger partial charge in [-0.15, -0.1) is 0 Å². The molecule has 1 aliphatic heterocycles. The van der Waals surface area contributed by atoms with E-state index in [2.05, 4.69) is 4.74 Å². The van der Waals surface area contributed by atoms with Gasteiger partial charge in [-0.05, 0) is 6.42 Å². The van der Waals surface area contributed by atoms with Crippen molar-refractivity contribution < 1.29 is 13.5 Å². The molecule has 1 heterocycles. The number of rotatable bonds is 1. The monoisotopic (exact) mass is 136 g/mol. The summed E-state index contributed by atoms with van der Waals surface area (Å²) in [5.41, 5.74) is 0. The van der Waals surface area contributed by atoms with E-state index in [4.69, 9.17) is 0 Å². The molecule has 0 amide bonds. The maximum absolute atomic E-state index is 12.5. The van der Waals surface area contributed by atoms with Crippen LogP contribution in [0.15, 0.2) is 0 Å². The van der Waals surface area contributed by atoms with E-state index in [1.165, 1.54) is 0 Å². The van der Waals surface area contributed by atoms with Crippen LogP contribution in [0, 0.1) is 5.92 Å². The summed E-state index contributed by atoms with van der Waals surface area (Å²) in [5.74, 6) is -3.10. The predicted octanol–water partition coefficient (Wildman–Crippen LogP) is 1.68. The number of halogens is 2. The van der Waals surface area contributed by atoms with Crippen molar-refractivity contribution in [3.8, 4) is 0 Å². The molecule has 0 aliphatic carbocycles. The van der Waals surface area contributed by atoms with E-state index in [0.29, 0.717) is 6.42 Å². The Hall–Kier alpha value is -0.180. The number of hydrogen-bond acceptors (Lipinski definition) is 1. The van der Waals surface area contributed by atoms with Crippen LogP contribution >= 0.6 is 0 Å². The lowest BCUT2D eigenvalue weighted by molar-refractivity contribution is -0.0373. The maximum Gasteiger partial charge on any atom is 0.275 e. The van der Waals surface area contributed by atoms with Gasteiger partial charge in [-0.1, -0.05) is 6.92 Å². The molecule has 0 bridgehead atoms. The number of hydrogen-bond donors (Lipinski definition) is 0. The number of alkyl halides is 2. The molecular formula is C6H10F2O. The molecule has 0 aromatic carbocycles. The zero-order valence-corrected chi connectivity index (χ0v) is 5.36. The standard InChI is InChI=1S/C6H10F2O/c1-2-5-3-9-4-6(5,7)8/h5H,2-4H2,1H3. The summed E-state index contributed by atoms with van der Waals surface area (Å²) in [6, 6.07) is 0. The van der Waals surface area contributed by atoms with Gasteiger partial charge in [-0.3, -0.25) is 0 Å². The van der Waals surface area contributed by atoms with Crippen molar-refractivity contribution in [3.63, 3.8) is 0 Å². The SMILES string of the molecule is CCC1COCC1(F)F. The Morgan fingerprint density at radius 1 is 1.67 bits per heavy atom. The second-order valence-electron chi connectivity index (χ2n) is 2.38. The highest BCUT2D eigenvalue weighted by Gasteiger charge is 2.43. The van der Waals surface area contributed by atoms with E-state index in [0.717, 1.165) is 0 Å². The lowest BCUT2D eigenvalue weighted by Crippen LogP contribution is -2.25. The highest BCUT2D eigenvalue weighted by Crippen LogP contribution is 2.32. The van der Waals surface area contributed by atoms with Gasteiger partial charge in [0.25, 0.3) is 5.92 Å². The van der Waals surface area contributed by atoms with E-state index in [9.17, 15) is 8.78 Å². The molecule has 54 valence electrons. The smallest absolute Gasteiger partial charge is 0.275 e. The first kappa shape index (κ1) is 6.93. The molecule has 1 atom stereocenters. The van der Waals surface area contributed by atoms with Crippen LogP contribution in [-0.4, -0.2) is 19.1 Å². The first-order chi connectivity index (χ1) is 4.17. The maximum atomic E-state index is 12.5. The minimum Gasteiger partial charge on any atom is -0.375 e. The van der Waals surface area contributed by atoms with Crippen molar-refractivity contribution in [2.45, 2.75) is 19.3 Å². The molecule has 1 aliphatic rings. The molecule has 9 heavy (non-hydrogen) atoms. The lowest BCUT2D eigenvalue weighted by atomic mass is 10.0. The van der Waals surface area contributed by atoms with Crippen molar-refractivity contribution in [2.75, 3.05) is 13.2 Å². The Morgan fingerprint density at radius 2 is 2.33 bits per heavy atom. The van der Waals surface area contributed by atoms with E-state index >= 15 is 0 Å². The van der Waals surface area contributed by atoms with Crippen LogP contribution in [0.3, 0.4) is 0 Å². The molecule has 0 aromatic rings. The molecule has 1 unspecified atom stereocenters. The van der Waals surface area contributed by atoms with Crippen molar-refractivity contribution in [3.05, 3.63) is 0 Å². The zero-order chi connectivity index (χ0) is 6.91. The summed E-state index contributed by atoms with van der Waals surface area (Å²) >= 11 is 0. The van der Waals surface area contributed by atoms with Gasteiger partial charge in [-0.25, -0.2) is 8.78 Å². The largest absolute Gasteiger partial charge is 0.375 e. The van der Waals surface area contributed by atoms with E-state index in [1.54, 1.807) is 6.92 Å². The summed E-state index contributed by atoms with van der Waals surface area (Å²) in [7, 11) is 0. The van der Waals surface area contributed by atoms with Crippen LogP contribution in [0.2, 0.25) is 0 Å². The van der Waals surface area contributed by atoms with Crippen LogP contribution in [-0.2, 0) is 4.74 Å². The second kappa shape index (κ2) is 2.21. The summed E-state index contributed by atoms with van der Waals surface area (Å²) in [5, 5.41) is 0. The van der Waals surface area contributed by atoms with Crippen LogP contribution < -0.4 is 0 Å². The van der Waals surface area contributed by atoms with Gasteiger partial charge in [0, 0.05) is 5.92 Å². The van der Waals surface area contributed by atoms with Gasteiger partial charge in [0.2, 0.25) is 0 Å². The van der Waals surface area contributed by atoms with Crippen molar-refractivity contribution in [1.29, 1.82) is 0 Å². The lowest BCUT2D eigenvalue weighted by Gasteiger charge is -2.13. The molecule has 0 saturated carbocycles. The molecule has 0 aromatic heterocycles. The second-order valence-corrected chi connectivity index (χ2v) is 2.38. The first-order valence-electron chi connectivity index (χ1n) is 3.12. The van der Waals surface area contributed by atoms with Gasteiger partial charge in [-0.2, -0.15) is 0 Å². The average molecular weight is 136 g/mol. The average Bonchev–Trinajstić information content (AvgIpc) is 2.08. The summed E-state index contributed by atoms with van der Waals surface area (Å²) < 4.78 is 29.6. The van der Waals surface area contributed by atoms with E-state index in [-0.39, 0.29) is 13.2 Å². The van der Waals surface area contributed by atoms with E-state index < -0.39 is 11.8 Å². The van der Waals surface area contributed by atoms with Crippen LogP contribution in [0.5, 0.6) is 0 Å². The third kappa shape index (κ3) is 1.21. The van der Waals surface area contributed by atoms with Gasteiger partial charge in [0.05, 0.1) is 6.61 Å². The van der Waals surface area contributed by atoms with Crippen molar-refractivity contribution >= 4 is 0 Å². The third-order valence-electron chi connectivity index (χ3n) is 1.70. The van der Waals surface area contributed by atoms with Gasteiger partial charge >= 0.3 is 0 Å². The third-order valence-corrected chi connectivity index (χ3v) is 1.70. The topological polar surface area (TPSA) is 9.23 Å². The first-order valence-corrected chi connectivity index (χ1v) is 3.12. The van der Waals surface area contributed by atoms with Crippen LogP contribution in [0.1, 0.15) is 13.3 Å². The minimum absolute atomic E-state index is 0.226. The summed E-state index contributed by atoms with van der Waals surface area (Å²) in [6.07, 6.45) is 0.507. The van der Waals surface area contributed by atoms with Gasteiger partial charge in [0.1, 0.15) is 6.61 Å². The quantitative estimate of drug-likeness (QED) is 0.533. The van der Waals surface area contributed by atoms with Crippen LogP contribution in [0.4, 0.5) is 8.78 Å². The van der Waals surface area contributed by atoms with Crippen molar-refractivity contribution in [2.24, 2.45) is 5.92 Å². The molecular weight excluding hydrogens is 126 g/mol. The summed E-state index contributed by atoms with van der Waals surface area (Å²) in [4.78, 5) is 0. The Balaban J connectivity index is 2.52. The van der Waals surface area contributed by atoms with E-state index in [1.807, 2.05) is 0 Å². The Labute approximate surface area is 53.0 Å². The Kier molecular flexibility index (Phi) is 1.70. The summed E-state index contributed by atoms with van der Waals surface area (Å²) in [6.45, 7) is 1.60. The number of ether oxygens (including phenoxy) is 1. The highest BCUT2D eigenvalue weighted by molar-refractivity contribution is 4.80. The fourth-order valence-corrected chi connectivity index (χ4v) is 0.994. The molecule has 1 rings (SSSR count). The Bertz CT molecular complexity index is 103. The fraction of sp³-hybridized carbons (Fsp3) is 1.00. The molecule has 0 radical (unpaired) electrons.